The summed E-state index contributed by atoms with van der Waals surface area (Å²) in [5.41, 5.74) is 1.99. The van der Waals surface area contributed by atoms with E-state index in [0.717, 1.165) is 11.1 Å². The van der Waals surface area contributed by atoms with Gasteiger partial charge in [-0.25, -0.2) is 4.98 Å². The number of fused-ring (bicyclic) bond motifs is 1. The van der Waals surface area contributed by atoms with Gasteiger partial charge in [-0.05, 0) is 18.2 Å². The SMILES string of the molecule is N#Cc1ncccc1Cn1ccc2c([N+](=O)[O-])cccc21. The van der Waals surface area contributed by atoms with E-state index >= 15 is 0 Å². The van der Waals surface area contributed by atoms with Crippen molar-refractivity contribution in [3.63, 3.8) is 0 Å². The van der Waals surface area contributed by atoms with Gasteiger partial charge in [0.2, 0.25) is 0 Å². The maximum atomic E-state index is 11.0. The van der Waals surface area contributed by atoms with Crippen molar-refractivity contribution in [3.05, 3.63) is 70.2 Å². The molecule has 3 rings (SSSR count). The number of nitro groups is 1. The van der Waals surface area contributed by atoms with Crippen molar-refractivity contribution in [2.45, 2.75) is 6.54 Å². The highest BCUT2D eigenvalue weighted by atomic mass is 16.6. The number of hydrogen-bond donors (Lipinski definition) is 0. The van der Waals surface area contributed by atoms with E-state index in [4.69, 9.17) is 5.26 Å². The fourth-order valence-electron chi connectivity index (χ4n) is 2.35. The summed E-state index contributed by atoms with van der Waals surface area (Å²) in [5.74, 6) is 0. The summed E-state index contributed by atoms with van der Waals surface area (Å²) in [6.45, 7) is 0.446. The number of nitro benzene ring substituents is 1. The van der Waals surface area contributed by atoms with Gasteiger partial charge in [-0.3, -0.25) is 10.1 Å². The number of nitriles is 1. The summed E-state index contributed by atoms with van der Waals surface area (Å²) in [6, 6.07) is 12.3. The maximum absolute atomic E-state index is 11.0. The van der Waals surface area contributed by atoms with E-state index in [1.54, 1.807) is 30.6 Å². The molecule has 0 N–H and O–H groups in total. The van der Waals surface area contributed by atoms with Crippen LogP contribution in [0.5, 0.6) is 0 Å². The number of hydrogen-bond acceptors (Lipinski definition) is 4. The topological polar surface area (TPSA) is 84.8 Å². The van der Waals surface area contributed by atoms with Crippen LogP contribution in [0.15, 0.2) is 48.8 Å². The Bertz CT molecular complexity index is 877. The Hall–Kier alpha value is -3.20. The predicted molar refractivity (Wildman–Crippen MR) is 76.6 cm³/mol. The summed E-state index contributed by atoms with van der Waals surface area (Å²) in [7, 11) is 0. The zero-order valence-electron chi connectivity index (χ0n) is 10.9. The van der Waals surface area contributed by atoms with Crippen molar-refractivity contribution in [1.29, 1.82) is 5.26 Å². The summed E-state index contributed by atoms with van der Waals surface area (Å²) in [6.07, 6.45) is 3.35. The Morgan fingerprint density at radius 2 is 2.14 bits per heavy atom. The molecule has 0 saturated carbocycles. The van der Waals surface area contributed by atoms with Crippen molar-refractivity contribution in [1.82, 2.24) is 9.55 Å². The lowest BCUT2D eigenvalue weighted by Gasteiger charge is -2.06. The summed E-state index contributed by atoms with van der Waals surface area (Å²) in [5, 5.41) is 20.7. The van der Waals surface area contributed by atoms with E-state index in [-0.39, 0.29) is 5.69 Å². The van der Waals surface area contributed by atoms with Crippen LogP contribution in [0.25, 0.3) is 10.9 Å². The first kappa shape index (κ1) is 12.8. The van der Waals surface area contributed by atoms with Crippen LogP contribution in [0.1, 0.15) is 11.3 Å². The van der Waals surface area contributed by atoms with Gasteiger partial charge in [-0.15, -0.1) is 0 Å². The highest BCUT2D eigenvalue weighted by molar-refractivity contribution is 5.89. The van der Waals surface area contributed by atoms with Gasteiger partial charge in [0, 0.05) is 24.0 Å². The normalized spacial score (nSPS) is 10.4. The molecule has 2 heterocycles. The smallest absolute Gasteiger partial charge is 0.278 e. The standard InChI is InChI=1S/C15H10N4O2/c16-9-13-11(3-2-7-17-13)10-18-8-6-12-14(18)4-1-5-15(12)19(20)21/h1-8H,10H2. The van der Waals surface area contributed by atoms with Crippen LogP contribution in [0.2, 0.25) is 0 Å². The van der Waals surface area contributed by atoms with E-state index in [1.807, 2.05) is 16.7 Å². The summed E-state index contributed by atoms with van der Waals surface area (Å²) >= 11 is 0. The Morgan fingerprint density at radius 1 is 1.29 bits per heavy atom. The molecule has 3 aromatic rings. The van der Waals surface area contributed by atoms with Crippen LogP contribution in [-0.4, -0.2) is 14.5 Å². The molecule has 0 saturated heterocycles. The molecule has 0 amide bonds. The zero-order chi connectivity index (χ0) is 14.8. The molecule has 0 fully saturated rings. The first-order valence-electron chi connectivity index (χ1n) is 6.27. The molecule has 0 aliphatic heterocycles. The average molecular weight is 278 g/mol. The second kappa shape index (κ2) is 5.06. The molecule has 0 aliphatic carbocycles. The maximum Gasteiger partial charge on any atom is 0.278 e. The fraction of sp³-hybridized carbons (Fsp3) is 0.0667. The molecule has 0 bridgehead atoms. The number of aromatic nitrogens is 2. The Labute approximate surface area is 120 Å². The van der Waals surface area contributed by atoms with Crippen molar-refractivity contribution >= 4 is 16.6 Å². The van der Waals surface area contributed by atoms with Crippen LogP contribution >= 0.6 is 0 Å². The van der Waals surface area contributed by atoms with Gasteiger partial charge >= 0.3 is 0 Å². The number of benzene rings is 1. The average Bonchev–Trinajstić information content (AvgIpc) is 2.91. The third-order valence-corrected chi connectivity index (χ3v) is 3.33. The van der Waals surface area contributed by atoms with Crippen LogP contribution in [0.3, 0.4) is 0 Å². The van der Waals surface area contributed by atoms with Crippen molar-refractivity contribution in [2.75, 3.05) is 0 Å². The molecule has 6 nitrogen and oxygen atoms in total. The minimum Gasteiger partial charge on any atom is -0.343 e. The third-order valence-electron chi connectivity index (χ3n) is 3.33. The minimum absolute atomic E-state index is 0.0814. The summed E-state index contributed by atoms with van der Waals surface area (Å²) in [4.78, 5) is 14.7. The van der Waals surface area contributed by atoms with Gasteiger partial charge in [0.15, 0.2) is 0 Å². The Morgan fingerprint density at radius 3 is 2.90 bits per heavy atom. The van der Waals surface area contributed by atoms with E-state index in [9.17, 15) is 10.1 Å². The van der Waals surface area contributed by atoms with Crippen LogP contribution < -0.4 is 0 Å². The first-order chi connectivity index (χ1) is 10.2. The second-order valence-electron chi connectivity index (χ2n) is 4.53. The van der Waals surface area contributed by atoms with Gasteiger partial charge in [0.1, 0.15) is 11.8 Å². The van der Waals surface area contributed by atoms with Gasteiger partial charge in [0.25, 0.3) is 5.69 Å². The van der Waals surface area contributed by atoms with Gasteiger partial charge in [0.05, 0.1) is 22.4 Å². The first-order valence-corrected chi connectivity index (χ1v) is 6.27. The number of nitrogens with zero attached hydrogens (tertiary/aromatic N) is 4. The molecule has 102 valence electrons. The lowest BCUT2D eigenvalue weighted by molar-refractivity contribution is -0.383. The van der Waals surface area contributed by atoms with E-state index in [1.165, 1.54) is 6.07 Å². The fourth-order valence-corrected chi connectivity index (χ4v) is 2.35. The molecular weight excluding hydrogens is 268 g/mol. The highest BCUT2D eigenvalue weighted by Crippen LogP contribution is 2.26. The van der Waals surface area contributed by atoms with Crippen molar-refractivity contribution in [3.8, 4) is 6.07 Å². The third kappa shape index (κ3) is 2.21. The molecule has 0 unspecified atom stereocenters. The Balaban J connectivity index is 2.09. The van der Waals surface area contributed by atoms with Crippen LogP contribution in [0.4, 0.5) is 5.69 Å². The number of non-ortho nitro benzene ring substituents is 1. The van der Waals surface area contributed by atoms with Crippen molar-refractivity contribution in [2.24, 2.45) is 0 Å². The van der Waals surface area contributed by atoms with E-state index < -0.39 is 4.92 Å². The van der Waals surface area contributed by atoms with Gasteiger partial charge in [-0.1, -0.05) is 12.1 Å². The van der Waals surface area contributed by atoms with Crippen molar-refractivity contribution < 1.29 is 4.92 Å². The Kier molecular flexibility index (Phi) is 3.09. The highest BCUT2D eigenvalue weighted by Gasteiger charge is 2.14. The molecule has 21 heavy (non-hydrogen) atoms. The second-order valence-corrected chi connectivity index (χ2v) is 4.53. The quantitative estimate of drug-likeness (QED) is 0.544. The minimum atomic E-state index is -0.391. The van der Waals surface area contributed by atoms with Gasteiger partial charge < -0.3 is 4.57 Å². The number of pyridine rings is 1. The predicted octanol–water partition coefficient (Wildman–Crippen LogP) is 2.86. The molecule has 0 spiro atoms. The number of rotatable bonds is 3. The lowest BCUT2D eigenvalue weighted by atomic mass is 10.2. The molecule has 6 heteroatoms. The molecule has 2 aromatic heterocycles. The molecule has 1 aromatic carbocycles. The van der Waals surface area contributed by atoms with Gasteiger partial charge in [-0.2, -0.15) is 5.26 Å². The zero-order valence-corrected chi connectivity index (χ0v) is 10.9. The molecule has 0 atom stereocenters. The van der Waals surface area contributed by atoms with E-state index in [2.05, 4.69) is 11.1 Å². The van der Waals surface area contributed by atoms with Crippen LogP contribution in [-0.2, 0) is 6.54 Å². The monoisotopic (exact) mass is 278 g/mol. The summed E-state index contributed by atoms with van der Waals surface area (Å²) < 4.78 is 1.88. The molecular formula is C15H10N4O2. The largest absolute Gasteiger partial charge is 0.343 e. The molecule has 0 aliphatic rings. The van der Waals surface area contributed by atoms with Crippen LogP contribution in [0, 0.1) is 21.4 Å². The van der Waals surface area contributed by atoms with E-state index in [0.29, 0.717) is 17.6 Å². The lowest BCUT2D eigenvalue weighted by Crippen LogP contribution is -2.01. The molecule has 0 radical (unpaired) electrons.